The third-order valence-corrected chi connectivity index (χ3v) is 3.69. The van der Waals surface area contributed by atoms with Crippen molar-refractivity contribution >= 4 is 0 Å². The van der Waals surface area contributed by atoms with Crippen molar-refractivity contribution in [2.24, 2.45) is 0 Å². The van der Waals surface area contributed by atoms with Gasteiger partial charge >= 0.3 is 0 Å². The molecule has 1 N–H and O–H groups in total. The van der Waals surface area contributed by atoms with Crippen LogP contribution in [0.5, 0.6) is 5.75 Å². The van der Waals surface area contributed by atoms with Gasteiger partial charge in [0.05, 0.1) is 24.9 Å². The summed E-state index contributed by atoms with van der Waals surface area (Å²) in [6, 6.07) is 6.64. The van der Waals surface area contributed by atoms with Gasteiger partial charge in [-0.25, -0.2) is 0 Å². The monoisotopic (exact) mass is 277 g/mol. The van der Waals surface area contributed by atoms with Crippen LogP contribution in [0.1, 0.15) is 51.3 Å². The van der Waals surface area contributed by atoms with Crippen LogP contribution in [0.2, 0.25) is 0 Å². The Bertz CT molecular complexity index is 451. The lowest BCUT2D eigenvalue weighted by atomic mass is 9.85. The van der Waals surface area contributed by atoms with Gasteiger partial charge in [-0.3, -0.25) is 0 Å². The van der Waals surface area contributed by atoms with Crippen LogP contribution in [-0.2, 0) is 11.2 Å². The molecule has 0 spiro atoms. The molecular formula is C17H27NO2. The van der Waals surface area contributed by atoms with Crippen LogP contribution in [0.25, 0.3) is 0 Å². The molecule has 1 aromatic carbocycles. The Labute approximate surface area is 122 Å². The molecule has 0 fully saturated rings. The van der Waals surface area contributed by atoms with Gasteiger partial charge in [-0.05, 0) is 63.4 Å². The zero-order chi connectivity index (χ0) is 14.8. The first-order valence-electron chi connectivity index (χ1n) is 7.52. The summed E-state index contributed by atoms with van der Waals surface area (Å²) >= 11 is 0. The molecule has 0 aliphatic heterocycles. The summed E-state index contributed by atoms with van der Waals surface area (Å²) in [7, 11) is 1.72. The standard InChI is InChI=1S/C17H27NO2/c1-6-18-16-14-11-13(19-5)9-7-12(14)8-10-15(16)20-17(2,3)4/h7,9,11,15-16,18H,6,8,10H2,1-5H3. The number of hydrogen-bond acceptors (Lipinski definition) is 3. The number of methoxy groups -OCH3 is 1. The molecule has 0 bridgehead atoms. The van der Waals surface area contributed by atoms with Gasteiger partial charge in [-0.15, -0.1) is 0 Å². The molecule has 0 heterocycles. The SMILES string of the molecule is CCNC1c2cc(OC)ccc2CCC1OC(C)(C)C. The Morgan fingerprint density at radius 1 is 1.30 bits per heavy atom. The molecule has 1 aliphatic carbocycles. The van der Waals surface area contributed by atoms with E-state index in [1.54, 1.807) is 7.11 Å². The van der Waals surface area contributed by atoms with Gasteiger partial charge in [0, 0.05) is 0 Å². The fraction of sp³-hybridized carbons (Fsp3) is 0.647. The Kier molecular flexibility index (Phi) is 4.71. The minimum absolute atomic E-state index is 0.116. The van der Waals surface area contributed by atoms with Crippen molar-refractivity contribution in [2.75, 3.05) is 13.7 Å². The van der Waals surface area contributed by atoms with Gasteiger partial charge in [-0.2, -0.15) is 0 Å². The molecule has 1 aromatic rings. The van der Waals surface area contributed by atoms with E-state index in [0.717, 1.165) is 25.1 Å². The third-order valence-electron chi connectivity index (χ3n) is 3.69. The largest absolute Gasteiger partial charge is 0.497 e. The first kappa shape index (κ1) is 15.3. The summed E-state index contributed by atoms with van der Waals surface area (Å²) in [5.74, 6) is 0.920. The summed E-state index contributed by atoms with van der Waals surface area (Å²) in [6.07, 6.45) is 2.35. The van der Waals surface area contributed by atoms with E-state index in [0.29, 0.717) is 0 Å². The van der Waals surface area contributed by atoms with Gasteiger partial charge in [0.1, 0.15) is 5.75 Å². The summed E-state index contributed by atoms with van der Waals surface area (Å²) in [5.41, 5.74) is 2.62. The number of likely N-dealkylation sites (N-methyl/N-ethyl adjacent to an activating group) is 1. The molecule has 0 aromatic heterocycles. The summed E-state index contributed by atoms with van der Waals surface area (Å²) < 4.78 is 11.6. The molecular weight excluding hydrogens is 250 g/mol. The Hall–Kier alpha value is -1.06. The molecule has 0 amide bonds. The van der Waals surface area contributed by atoms with E-state index in [2.05, 4.69) is 45.1 Å². The number of hydrogen-bond donors (Lipinski definition) is 1. The average Bonchev–Trinajstić information content (AvgIpc) is 2.39. The van der Waals surface area contributed by atoms with Crippen molar-refractivity contribution in [3.8, 4) is 5.75 Å². The van der Waals surface area contributed by atoms with Crippen LogP contribution in [0.4, 0.5) is 0 Å². The predicted octanol–water partition coefficient (Wildman–Crippen LogP) is 3.48. The van der Waals surface area contributed by atoms with E-state index in [1.165, 1.54) is 11.1 Å². The lowest BCUT2D eigenvalue weighted by Crippen LogP contribution is -2.41. The third kappa shape index (κ3) is 3.53. The molecule has 2 rings (SSSR count). The fourth-order valence-electron chi connectivity index (χ4n) is 2.92. The van der Waals surface area contributed by atoms with Gasteiger partial charge in [0.25, 0.3) is 0 Å². The maximum atomic E-state index is 6.27. The van der Waals surface area contributed by atoms with E-state index >= 15 is 0 Å². The Morgan fingerprint density at radius 3 is 2.65 bits per heavy atom. The molecule has 20 heavy (non-hydrogen) atoms. The van der Waals surface area contributed by atoms with Gasteiger partial charge < -0.3 is 14.8 Å². The van der Waals surface area contributed by atoms with Crippen LogP contribution >= 0.6 is 0 Å². The number of fused-ring (bicyclic) bond motifs is 1. The molecule has 2 unspecified atom stereocenters. The van der Waals surface area contributed by atoms with E-state index < -0.39 is 0 Å². The maximum absolute atomic E-state index is 6.27. The number of nitrogens with one attached hydrogen (secondary N) is 1. The molecule has 112 valence electrons. The van der Waals surface area contributed by atoms with Gasteiger partial charge in [0.2, 0.25) is 0 Å². The van der Waals surface area contributed by atoms with Gasteiger partial charge in [0.15, 0.2) is 0 Å². The molecule has 3 nitrogen and oxygen atoms in total. The first-order chi connectivity index (χ1) is 9.44. The normalized spacial score (nSPS) is 22.4. The van der Waals surface area contributed by atoms with Gasteiger partial charge in [-0.1, -0.05) is 13.0 Å². The van der Waals surface area contributed by atoms with E-state index in [9.17, 15) is 0 Å². The molecule has 1 aliphatic rings. The molecule has 0 saturated heterocycles. The van der Waals surface area contributed by atoms with Crippen LogP contribution in [-0.4, -0.2) is 25.4 Å². The topological polar surface area (TPSA) is 30.5 Å². The van der Waals surface area contributed by atoms with Crippen molar-refractivity contribution in [1.29, 1.82) is 0 Å². The van der Waals surface area contributed by atoms with Crippen LogP contribution in [0, 0.1) is 0 Å². The highest BCUT2D eigenvalue weighted by Crippen LogP contribution is 2.35. The first-order valence-corrected chi connectivity index (χ1v) is 7.52. The van der Waals surface area contributed by atoms with Crippen molar-refractivity contribution < 1.29 is 9.47 Å². The number of benzene rings is 1. The quantitative estimate of drug-likeness (QED) is 0.914. The smallest absolute Gasteiger partial charge is 0.119 e. The summed E-state index contributed by atoms with van der Waals surface area (Å²) in [5, 5.41) is 3.58. The predicted molar refractivity (Wildman–Crippen MR) is 82.4 cm³/mol. The maximum Gasteiger partial charge on any atom is 0.119 e. The molecule has 0 radical (unpaired) electrons. The molecule has 0 saturated carbocycles. The van der Waals surface area contributed by atoms with Crippen LogP contribution in [0.15, 0.2) is 18.2 Å². The molecule has 3 heteroatoms. The lowest BCUT2D eigenvalue weighted by Gasteiger charge is -2.38. The lowest BCUT2D eigenvalue weighted by molar-refractivity contribution is -0.0815. The van der Waals surface area contributed by atoms with E-state index in [1.807, 2.05) is 6.07 Å². The highest BCUT2D eigenvalue weighted by molar-refractivity contribution is 5.40. The van der Waals surface area contributed by atoms with E-state index in [-0.39, 0.29) is 17.7 Å². The highest BCUT2D eigenvalue weighted by Gasteiger charge is 2.32. The summed E-state index contributed by atoms with van der Waals surface area (Å²) in [6.45, 7) is 9.44. The van der Waals surface area contributed by atoms with Crippen molar-refractivity contribution in [1.82, 2.24) is 5.32 Å². The summed E-state index contributed by atoms with van der Waals surface area (Å²) in [4.78, 5) is 0. The molecule has 2 atom stereocenters. The average molecular weight is 277 g/mol. The number of aryl methyl sites for hydroxylation is 1. The minimum Gasteiger partial charge on any atom is -0.497 e. The number of ether oxygens (including phenoxy) is 2. The van der Waals surface area contributed by atoms with Crippen molar-refractivity contribution in [3.63, 3.8) is 0 Å². The van der Waals surface area contributed by atoms with Crippen LogP contribution < -0.4 is 10.1 Å². The fourth-order valence-corrected chi connectivity index (χ4v) is 2.92. The van der Waals surface area contributed by atoms with E-state index in [4.69, 9.17) is 9.47 Å². The zero-order valence-corrected chi connectivity index (χ0v) is 13.3. The second kappa shape index (κ2) is 6.15. The number of rotatable bonds is 4. The van der Waals surface area contributed by atoms with Crippen molar-refractivity contribution in [3.05, 3.63) is 29.3 Å². The Morgan fingerprint density at radius 2 is 2.05 bits per heavy atom. The highest BCUT2D eigenvalue weighted by atomic mass is 16.5. The van der Waals surface area contributed by atoms with Crippen LogP contribution in [0.3, 0.4) is 0 Å². The second-order valence-corrected chi connectivity index (χ2v) is 6.41. The zero-order valence-electron chi connectivity index (χ0n) is 13.3. The second-order valence-electron chi connectivity index (χ2n) is 6.41. The van der Waals surface area contributed by atoms with Crippen molar-refractivity contribution in [2.45, 2.75) is 58.3 Å². The minimum atomic E-state index is -0.116. The Balaban J connectivity index is 2.30.